The number of carbonyl (C=O) groups is 4. The largest absolute Gasteiger partial charge is 3.00 e. The van der Waals surface area contributed by atoms with Gasteiger partial charge in [-0.15, -0.1) is 0 Å². The number of hydrogen-bond acceptors (Lipinski definition) is 7. The molecule has 0 N–H and O–H groups in total. The summed E-state index contributed by atoms with van der Waals surface area (Å²) in [5.41, 5.74) is 0. The third-order valence-corrected chi connectivity index (χ3v) is 1.30. The molecule has 0 aliphatic heterocycles. The summed E-state index contributed by atoms with van der Waals surface area (Å²) in [5, 5.41) is 28.5. The van der Waals surface area contributed by atoms with Gasteiger partial charge in [0.2, 0.25) is 0 Å². The zero-order valence-corrected chi connectivity index (χ0v) is 13.1. The molecule has 0 aliphatic carbocycles. The minimum atomic E-state index is -1.31. The van der Waals surface area contributed by atoms with Crippen LogP contribution in [0.25, 0.3) is 0 Å². The van der Waals surface area contributed by atoms with Crippen molar-refractivity contribution in [1.82, 2.24) is 0 Å². The quantitative estimate of drug-likeness (QED) is 0.387. The number of aliphatic carboxylic acids is 3. The average Bonchev–Trinajstić information content (AvgIpc) is 2.15. The molecule has 0 fully saturated rings. The first-order chi connectivity index (χ1) is 8.67. The van der Waals surface area contributed by atoms with Gasteiger partial charge in [0.1, 0.15) is 5.78 Å². The molecule has 0 aliphatic rings. The van der Waals surface area contributed by atoms with Crippen LogP contribution in [0, 0.1) is 0 Å². The van der Waals surface area contributed by atoms with E-state index in [4.69, 9.17) is 0 Å². The van der Waals surface area contributed by atoms with E-state index in [2.05, 4.69) is 0 Å². The van der Waals surface area contributed by atoms with Crippen LogP contribution in [-0.2, 0) is 19.2 Å². The molecule has 0 aromatic carbocycles. The van der Waals surface area contributed by atoms with Crippen LogP contribution in [-0.4, -0.2) is 41.1 Å². The zero-order chi connectivity index (χ0) is 15.8. The Morgan fingerprint density at radius 1 is 0.750 bits per heavy atom. The monoisotopic (exact) mass is 302 g/mol. The number of Topliss-reactive ketones (excluding diaryl/α,β-unsaturated/α-hetero) is 1. The molecule has 0 heterocycles. The number of carbonyl (C=O) groups excluding carboxylic acids is 4. The van der Waals surface area contributed by atoms with E-state index in [1.807, 2.05) is 0 Å². The van der Waals surface area contributed by atoms with E-state index in [0.29, 0.717) is 12.8 Å². The molecule has 0 rings (SSSR count). The maximum absolute atomic E-state index is 9.83. The van der Waals surface area contributed by atoms with Crippen molar-refractivity contribution in [2.24, 2.45) is 0 Å². The maximum atomic E-state index is 9.83. The maximum Gasteiger partial charge on any atom is 3.00 e. The molecule has 0 spiro atoms. The van der Waals surface area contributed by atoms with Crippen LogP contribution in [0.4, 0.5) is 0 Å². The minimum Gasteiger partial charge on any atom is -0.550 e. The third kappa shape index (κ3) is 54.6. The molecule has 0 aromatic rings. The van der Waals surface area contributed by atoms with Crippen LogP contribution >= 0.6 is 0 Å². The fraction of sp³-hybridized carbons (Fsp3) is 0.667. The molecule has 0 atom stereocenters. The Bertz CT molecular complexity index is 262. The predicted molar refractivity (Wildman–Crippen MR) is 65.9 cm³/mol. The Hall–Kier alpha value is -1.39. The summed E-state index contributed by atoms with van der Waals surface area (Å²) in [4.78, 5) is 38.3. The van der Waals surface area contributed by atoms with Crippen molar-refractivity contribution in [1.29, 1.82) is 0 Å². The smallest absolute Gasteiger partial charge is 0.550 e. The van der Waals surface area contributed by atoms with Crippen LogP contribution in [0.2, 0.25) is 0 Å². The van der Waals surface area contributed by atoms with Gasteiger partial charge >= 0.3 is 17.4 Å². The van der Waals surface area contributed by atoms with Crippen molar-refractivity contribution in [3.8, 4) is 0 Å². The van der Waals surface area contributed by atoms with E-state index in [1.54, 1.807) is 13.8 Å². The number of carboxylic acid groups (broad SMARTS) is 3. The minimum absolute atomic E-state index is 0. The van der Waals surface area contributed by atoms with Gasteiger partial charge in [-0.25, -0.2) is 0 Å². The molecule has 7 nitrogen and oxygen atoms in total. The molecule has 0 saturated heterocycles. The van der Waals surface area contributed by atoms with Crippen molar-refractivity contribution in [3.63, 3.8) is 0 Å². The van der Waals surface area contributed by atoms with Gasteiger partial charge in [0.25, 0.3) is 0 Å². The number of rotatable bonds is 6. The Balaban J connectivity index is -0.0000000941. The molecule has 20 heavy (non-hydrogen) atoms. The van der Waals surface area contributed by atoms with Crippen LogP contribution in [0.3, 0.4) is 0 Å². The molecule has 0 radical (unpaired) electrons. The van der Waals surface area contributed by atoms with Gasteiger partial charge in [-0.3, -0.25) is 4.79 Å². The van der Waals surface area contributed by atoms with Crippen molar-refractivity contribution in [2.75, 3.05) is 0 Å². The summed E-state index contributed by atoms with van der Waals surface area (Å²) in [7, 11) is 0. The van der Waals surface area contributed by atoms with Gasteiger partial charge < -0.3 is 29.7 Å². The number of carboxylic acids is 3. The molecule has 0 unspecified atom stereocenters. The van der Waals surface area contributed by atoms with Crippen LogP contribution < -0.4 is 15.3 Å². The molecule has 0 bridgehead atoms. The topological polar surface area (TPSA) is 137 Å². The van der Waals surface area contributed by atoms with Gasteiger partial charge in [-0.05, 0) is 19.8 Å². The van der Waals surface area contributed by atoms with Crippen LogP contribution in [0.1, 0.15) is 52.9 Å². The van der Waals surface area contributed by atoms with Gasteiger partial charge in [-0.1, -0.05) is 26.7 Å². The second-order valence-electron chi connectivity index (χ2n) is 3.49. The number of ketones is 1. The normalized spacial score (nSPS) is 7.75. The zero-order valence-electron chi connectivity index (χ0n) is 12.0. The molecule has 8 heteroatoms. The van der Waals surface area contributed by atoms with Crippen LogP contribution in [0.5, 0.6) is 0 Å². The Morgan fingerprint density at radius 2 is 1.05 bits per heavy atom. The molecular formula is C12H19AlO7. The van der Waals surface area contributed by atoms with Gasteiger partial charge in [0.15, 0.2) is 0 Å². The van der Waals surface area contributed by atoms with E-state index in [1.165, 1.54) is 6.92 Å². The molecule has 0 amide bonds. The SMILES string of the molecule is CC(=O)CC(=O)[O-].CCCC(=O)[O-].CCCC(=O)[O-].[Al+3]. The first-order valence-electron chi connectivity index (χ1n) is 5.76. The van der Waals surface area contributed by atoms with Gasteiger partial charge in [0, 0.05) is 24.3 Å². The summed E-state index contributed by atoms with van der Waals surface area (Å²) in [6.45, 7) is 4.81. The Labute approximate surface area is 129 Å². The summed E-state index contributed by atoms with van der Waals surface area (Å²) < 4.78 is 0. The van der Waals surface area contributed by atoms with Gasteiger partial charge in [0.05, 0.1) is 0 Å². The average molecular weight is 302 g/mol. The van der Waals surface area contributed by atoms with Crippen molar-refractivity contribution >= 4 is 41.1 Å². The predicted octanol–water partition coefficient (Wildman–Crippen LogP) is -2.59. The van der Waals surface area contributed by atoms with E-state index in [9.17, 15) is 34.5 Å². The molecule has 112 valence electrons. The van der Waals surface area contributed by atoms with E-state index in [-0.39, 0.29) is 36.0 Å². The Morgan fingerprint density at radius 3 is 1.05 bits per heavy atom. The summed E-state index contributed by atoms with van der Waals surface area (Å²) in [6.07, 6.45) is 1.23. The van der Waals surface area contributed by atoms with Gasteiger partial charge in [-0.2, -0.15) is 0 Å². The Kier molecular flexibility index (Phi) is 27.0. The summed E-state index contributed by atoms with van der Waals surface area (Å²) in [6, 6.07) is 0. The molecular weight excluding hydrogens is 283 g/mol. The third-order valence-electron chi connectivity index (χ3n) is 1.30. The van der Waals surface area contributed by atoms with Crippen molar-refractivity contribution in [3.05, 3.63) is 0 Å². The first-order valence-corrected chi connectivity index (χ1v) is 5.76. The summed E-state index contributed by atoms with van der Waals surface area (Å²) >= 11 is 0. The summed E-state index contributed by atoms with van der Waals surface area (Å²) in [5.74, 6) is -3.61. The number of hydrogen-bond donors (Lipinski definition) is 0. The fourth-order valence-electron chi connectivity index (χ4n) is 0.612. The van der Waals surface area contributed by atoms with Crippen molar-refractivity contribution in [2.45, 2.75) is 52.9 Å². The van der Waals surface area contributed by atoms with Crippen LogP contribution in [0.15, 0.2) is 0 Å². The van der Waals surface area contributed by atoms with E-state index < -0.39 is 24.3 Å². The van der Waals surface area contributed by atoms with E-state index >= 15 is 0 Å². The standard InChI is InChI=1S/C4H6O3.2C4H8O2.Al/c1-3(5)2-4(6)7;2*1-2-3-4(5)6;/h2H2,1H3,(H,6,7);2*2-3H2,1H3,(H,5,6);/q;;;+3/p-3. The first kappa shape index (κ1) is 27.0. The second kappa shape index (κ2) is 19.9. The molecule has 0 aromatic heterocycles. The van der Waals surface area contributed by atoms with Crippen molar-refractivity contribution < 1.29 is 34.5 Å². The van der Waals surface area contributed by atoms with E-state index in [0.717, 1.165) is 0 Å². The molecule has 0 saturated carbocycles. The fourth-order valence-corrected chi connectivity index (χ4v) is 0.612. The second-order valence-corrected chi connectivity index (χ2v) is 3.49.